The van der Waals surface area contributed by atoms with Gasteiger partial charge in [-0.1, -0.05) is 11.6 Å². The van der Waals surface area contributed by atoms with Crippen molar-refractivity contribution in [2.45, 2.75) is 12.5 Å². The van der Waals surface area contributed by atoms with E-state index >= 15 is 0 Å². The zero-order valence-electron chi connectivity index (χ0n) is 6.55. The molecule has 1 fully saturated rings. The van der Waals surface area contributed by atoms with Crippen molar-refractivity contribution in [3.63, 3.8) is 0 Å². The van der Waals surface area contributed by atoms with E-state index in [-0.39, 0.29) is 0 Å². The number of hydrogen-bond acceptors (Lipinski definition) is 3. The monoisotopic (exact) mass is 203 g/mol. The number of nitrogens with one attached hydrogen (secondary N) is 1. The van der Waals surface area contributed by atoms with E-state index in [1.165, 1.54) is 0 Å². The molecule has 1 aliphatic heterocycles. The quantitative estimate of drug-likeness (QED) is 0.796. The standard InChI is InChI=1S/C8H10ClNOS/c9-6-3-8(12-5-6)11-7-1-2-10-4-7/h3,5,7,10H,1-2,4H2. The van der Waals surface area contributed by atoms with Crippen LogP contribution in [0.4, 0.5) is 0 Å². The Balaban J connectivity index is 1.94. The Morgan fingerprint density at radius 3 is 3.17 bits per heavy atom. The topological polar surface area (TPSA) is 21.3 Å². The van der Waals surface area contributed by atoms with Crippen LogP contribution >= 0.6 is 22.9 Å². The van der Waals surface area contributed by atoms with Gasteiger partial charge in [-0.25, -0.2) is 0 Å². The van der Waals surface area contributed by atoms with Crippen molar-refractivity contribution < 1.29 is 4.74 Å². The van der Waals surface area contributed by atoms with E-state index < -0.39 is 0 Å². The number of hydrogen-bond donors (Lipinski definition) is 1. The van der Waals surface area contributed by atoms with Gasteiger partial charge in [-0.15, -0.1) is 11.3 Å². The van der Waals surface area contributed by atoms with Gasteiger partial charge in [0.1, 0.15) is 6.10 Å². The molecular weight excluding hydrogens is 194 g/mol. The maximum absolute atomic E-state index is 5.76. The molecule has 1 aromatic heterocycles. The molecule has 1 aromatic rings. The lowest BCUT2D eigenvalue weighted by atomic mass is 10.3. The van der Waals surface area contributed by atoms with Crippen LogP contribution in [0.5, 0.6) is 5.06 Å². The molecule has 0 amide bonds. The maximum Gasteiger partial charge on any atom is 0.175 e. The number of ether oxygens (including phenoxy) is 1. The van der Waals surface area contributed by atoms with Crippen LogP contribution < -0.4 is 10.1 Å². The van der Waals surface area contributed by atoms with E-state index in [0.717, 1.165) is 29.6 Å². The molecule has 2 heterocycles. The molecule has 0 aromatic carbocycles. The Labute approximate surface area is 80.5 Å². The van der Waals surface area contributed by atoms with E-state index in [0.29, 0.717) is 6.10 Å². The second kappa shape index (κ2) is 3.64. The highest BCUT2D eigenvalue weighted by molar-refractivity contribution is 7.12. The minimum Gasteiger partial charge on any atom is -0.479 e. The summed E-state index contributed by atoms with van der Waals surface area (Å²) in [6, 6.07) is 1.87. The average molecular weight is 204 g/mol. The molecule has 2 rings (SSSR count). The molecule has 0 saturated carbocycles. The SMILES string of the molecule is Clc1csc(OC2CCNC2)c1. The van der Waals surface area contributed by atoms with E-state index in [2.05, 4.69) is 5.32 Å². The second-order valence-electron chi connectivity index (χ2n) is 2.82. The fourth-order valence-electron chi connectivity index (χ4n) is 1.25. The third kappa shape index (κ3) is 1.91. The number of rotatable bonds is 2. The minimum atomic E-state index is 0.333. The maximum atomic E-state index is 5.76. The first-order valence-electron chi connectivity index (χ1n) is 3.96. The van der Waals surface area contributed by atoms with E-state index in [1.54, 1.807) is 11.3 Å². The van der Waals surface area contributed by atoms with Gasteiger partial charge in [0.05, 0.1) is 5.02 Å². The minimum absolute atomic E-state index is 0.333. The molecule has 12 heavy (non-hydrogen) atoms. The van der Waals surface area contributed by atoms with Crippen LogP contribution in [0.3, 0.4) is 0 Å². The summed E-state index contributed by atoms with van der Waals surface area (Å²) in [6.45, 7) is 2.01. The lowest BCUT2D eigenvalue weighted by Crippen LogP contribution is -2.18. The fourth-order valence-corrected chi connectivity index (χ4v) is 2.23. The third-order valence-corrected chi connectivity index (χ3v) is 3.01. The Kier molecular flexibility index (Phi) is 2.54. The molecule has 1 saturated heterocycles. The Hall–Kier alpha value is -0.250. The fraction of sp³-hybridized carbons (Fsp3) is 0.500. The van der Waals surface area contributed by atoms with Gasteiger partial charge in [-0.05, 0) is 13.0 Å². The number of thiophene rings is 1. The molecule has 0 spiro atoms. The van der Waals surface area contributed by atoms with Gasteiger partial charge in [-0.3, -0.25) is 0 Å². The zero-order valence-corrected chi connectivity index (χ0v) is 8.12. The first-order chi connectivity index (χ1) is 5.84. The van der Waals surface area contributed by atoms with E-state index in [1.807, 2.05) is 11.4 Å². The molecule has 1 N–H and O–H groups in total. The molecule has 66 valence electrons. The first-order valence-corrected chi connectivity index (χ1v) is 5.22. The summed E-state index contributed by atoms with van der Waals surface area (Å²) in [4.78, 5) is 0. The molecule has 4 heteroatoms. The Morgan fingerprint density at radius 2 is 2.58 bits per heavy atom. The van der Waals surface area contributed by atoms with Crippen molar-refractivity contribution >= 4 is 22.9 Å². The smallest absolute Gasteiger partial charge is 0.175 e. The molecule has 2 nitrogen and oxygen atoms in total. The highest BCUT2D eigenvalue weighted by Gasteiger charge is 2.16. The normalized spacial score (nSPS) is 22.9. The average Bonchev–Trinajstić information content (AvgIpc) is 2.63. The van der Waals surface area contributed by atoms with E-state index in [4.69, 9.17) is 16.3 Å². The van der Waals surface area contributed by atoms with Gasteiger partial charge in [0.15, 0.2) is 5.06 Å². The highest BCUT2D eigenvalue weighted by atomic mass is 35.5. The van der Waals surface area contributed by atoms with Crippen molar-refractivity contribution in [2.75, 3.05) is 13.1 Å². The van der Waals surface area contributed by atoms with Gasteiger partial charge in [0.25, 0.3) is 0 Å². The largest absolute Gasteiger partial charge is 0.479 e. The molecule has 0 aliphatic carbocycles. The van der Waals surface area contributed by atoms with Crippen molar-refractivity contribution in [3.8, 4) is 5.06 Å². The van der Waals surface area contributed by atoms with Crippen LogP contribution in [-0.2, 0) is 0 Å². The first kappa shape index (κ1) is 8.35. The molecule has 1 aliphatic rings. The van der Waals surface area contributed by atoms with Gasteiger partial charge < -0.3 is 10.1 Å². The van der Waals surface area contributed by atoms with Crippen LogP contribution in [0, 0.1) is 0 Å². The summed E-state index contributed by atoms with van der Waals surface area (Å²) in [5, 5.41) is 6.82. The predicted octanol–water partition coefficient (Wildman–Crippen LogP) is 2.14. The lowest BCUT2D eigenvalue weighted by molar-refractivity contribution is 0.230. The van der Waals surface area contributed by atoms with Crippen LogP contribution in [-0.4, -0.2) is 19.2 Å². The number of halogens is 1. The summed E-state index contributed by atoms with van der Waals surface area (Å²) in [6.07, 6.45) is 1.43. The van der Waals surface area contributed by atoms with Crippen LogP contribution in [0.1, 0.15) is 6.42 Å². The van der Waals surface area contributed by atoms with Crippen molar-refractivity contribution in [1.29, 1.82) is 0 Å². The zero-order chi connectivity index (χ0) is 8.39. The van der Waals surface area contributed by atoms with Crippen LogP contribution in [0.15, 0.2) is 11.4 Å². The molecule has 0 radical (unpaired) electrons. The summed E-state index contributed by atoms with van der Waals surface area (Å²) >= 11 is 7.32. The van der Waals surface area contributed by atoms with Crippen LogP contribution in [0.2, 0.25) is 5.02 Å². The van der Waals surface area contributed by atoms with Crippen molar-refractivity contribution in [2.24, 2.45) is 0 Å². The van der Waals surface area contributed by atoms with Gasteiger partial charge >= 0.3 is 0 Å². The van der Waals surface area contributed by atoms with Gasteiger partial charge in [0, 0.05) is 18.0 Å². The third-order valence-electron chi connectivity index (χ3n) is 1.84. The summed E-state index contributed by atoms with van der Waals surface area (Å²) in [7, 11) is 0. The molecule has 1 atom stereocenters. The second-order valence-corrected chi connectivity index (χ2v) is 4.13. The Bertz CT molecular complexity index is 257. The van der Waals surface area contributed by atoms with Crippen molar-refractivity contribution in [1.82, 2.24) is 5.32 Å². The summed E-state index contributed by atoms with van der Waals surface area (Å²) in [5.41, 5.74) is 0. The molecule has 1 unspecified atom stereocenters. The van der Waals surface area contributed by atoms with Gasteiger partial charge in [-0.2, -0.15) is 0 Å². The summed E-state index contributed by atoms with van der Waals surface area (Å²) < 4.78 is 5.67. The van der Waals surface area contributed by atoms with Gasteiger partial charge in [0.2, 0.25) is 0 Å². The Morgan fingerprint density at radius 1 is 1.67 bits per heavy atom. The predicted molar refractivity (Wildman–Crippen MR) is 51.2 cm³/mol. The molecular formula is C8H10ClNOS. The highest BCUT2D eigenvalue weighted by Crippen LogP contribution is 2.27. The lowest BCUT2D eigenvalue weighted by Gasteiger charge is -2.08. The molecule has 0 bridgehead atoms. The van der Waals surface area contributed by atoms with Crippen LogP contribution in [0.25, 0.3) is 0 Å². The van der Waals surface area contributed by atoms with Crippen molar-refractivity contribution in [3.05, 3.63) is 16.5 Å². The van der Waals surface area contributed by atoms with E-state index in [9.17, 15) is 0 Å². The summed E-state index contributed by atoms with van der Waals surface area (Å²) in [5.74, 6) is 0.